The lowest BCUT2D eigenvalue weighted by atomic mass is 10.0. The highest BCUT2D eigenvalue weighted by atomic mass is 31.2. The molecule has 0 aliphatic carbocycles. The number of phosphoric acid groups is 1. The third kappa shape index (κ3) is 45.6. The third-order valence-electron chi connectivity index (χ3n) is 11.3. The van der Waals surface area contributed by atoms with Crippen LogP contribution in [0, 0.1) is 0 Å². The summed E-state index contributed by atoms with van der Waals surface area (Å²) in [6.07, 6.45) is 65.9. The largest absolute Gasteiger partial charge is 0.645 e. The fraction of sp³-hybridized carbons (Fsp3) is 0.882. The van der Waals surface area contributed by atoms with Crippen molar-refractivity contribution >= 4 is 7.82 Å². The average molecular weight is 807 g/mol. The molecule has 0 unspecified atom stereocenters. The predicted molar refractivity (Wildman–Crippen MR) is 249 cm³/mol. The van der Waals surface area contributed by atoms with Crippen LogP contribution < -0.4 is 0 Å². The van der Waals surface area contributed by atoms with Crippen LogP contribution in [0.15, 0.2) is 37.0 Å². The number of phosphoric ester groups is 1. The van der Waals surface area contributed by atoms with E-state index in [0.29, 0.717) is 0 Å². The lowest BCUT2D eigenvalue weighted by Gasteiger charge is -2.13. The first-order valence-corrected chi connectivity index (χ1v) is 26.7. The van der Waals surface area contributed by atoms with E-state index in [-0.39, 0.29) is 0 Å². The Labute approximate surface area is 352 Å². The molecule has 0 amide bonds. The van der Waals surface area contributed by atoms with Crippen molar-refractivity contribution in [3.05, 3.63) is 37.0 Å². The third-order valence-corrected chi connectivity index (χ3v) is 12.4. The number of rotatable bonds is 48. The molecule has 56 heavy (non-hydrogen) atoms. The van der Waals surface area contributed by atoms with Crippen LogP contribution in [-0.4, -0.2) is 0 Å². The summed E-state index contributed by atoms with van der Waals surface area (Å²) in [5.74, 6) is 0. The van der Waals surface area contributed by atoms with Crippen molar-refractivity contribution in [1.29, 1.82) is 0 Å². The first-order chi connectivity index (χ1) is 27.7. The van der Waals surface area contributed by atoms with Crippen LogP contribution in [0.1, 0.15) is 290 Å². The van der Waals surface area contributed by atoms with E-state index in [1.807, 2.05) is 18.2 Å². The van der Waals surface area contributed by atoms with Gasteiger partial charge in [-0.2, -0.15) is 4.57 Å². The smallest absolute Gasteiger partial charge is 0.394 e. The van der Waals surface area contributed by atoms with E-state index in [0.717, 1.165) is 38.5 Å². The standard InChI is InChI=1S/C51H99O4P/c1-4-7-10-13-16-19-22-25-28-31-34-37-40-43-46-49-53-56(52,54-50-47-44-41-38-35-32-29-26-23-20-17-14-11-8-5-2)55-51-48-45-42-39-36-33-30-27-24-21-18-15-12-9-6-3/h46-51H,4-45H2,1-3H3/b49-46+,50-47+,51-48+. The fourth-order valence-electron chi connectivity index (χ4n) is 7.47. The molecule has 0 saturated carbocycles. The summed E-state index contributed by atoms with van der Waals surface area (Å²) >= 11 is 0. The summed E-state index contributed by atoms with van der Waals surface area (Å²) in [7, 11) is -3.74. The summed E-state index contributed by atoms with van der Waals surface area (Å²) in [4.78, 5) is 0. The van der Waals surface area contributed by atoms with Gasteiger partial charge in [0.05, 0.1) is 18.8 Å². The molecule has 332 valence electrons. The Balaban J connectivity index is 4.28. The van der Waals surface area contributed by atoms with Crippen LogP contribution in [-0.2, 0) is 18.1 Å². The van der Waals surface area contributed by atoms with E-state index in [1.54, 1.807) is 0 Å². The molecule has 0 aromatic carbocycles. The Morgan fingerprint density at radius 2 is 0.429 bits per heavy atom. The first kappa shape index (κ1) is 54.9. The van der Waals surface area contributed by atoms with E-state index in [4.69, 9.17) is 13.6 Å². The van der Waals surface area contributed by atoms with Crippen LogP contribution in [0.3, 0.4) is 0 Å². The summed E-state index contributed by atoms with van der Waals surface area (Å²) in [5, 5.41) is 0. The van der Waals surface area contributed by atoms with Crippen LogP contribution in [0.5, 0.6) is 0 Å². The lowest BCUT2D eigenvalue weighted by molar-refractivity contribution is 0.229. The molecule has 0 aliphatic heterocycles. The molecule has 5 heteroatoms. The summed E-state index contributed by atoms with van der Waals surface area (Å²) in [5.41, 5.74) is 0. The van der Waals surface area contributed by atoms with Crippen molar-refractivity contribution in [2.75, 3.05) is 0 Å². The predicted octanol–water partition coefficient (Wildman–Crippen LogP) is 20.1. The zero-order chi connectivity index (χ0) is 40.6. The van der Waals surface area contributed by atoms with Gasteiger partial charge in [0.2, 0.25) is 0 Å². The molecule has 0 fully saturated rings. The molecule has 0 aromatic rings. The summed E-state index contributed by atoms with van der Waals surface area (Å²) in [6.45, 7) is 6.86. The minimum Gasteiger partial charge on any atom is -0.394 e. The quantitative estimate of drug-likeness (QED) is 0.0349. The maximum absolute atomic E-state index is 13.4. The number of allylic oxidation sites excluding steroid dienone is 3. The van der Waals surface area contributed by atoms with Gasteiger partial charge in [-0.25, -0.2) is 0 Å². The van der Waals surface area contributed by atoms with Gasteiger partial charge in [-0.3, -0.25) is 0 Å². The van der Waals surface area contributed by atoms with E-state index in [9.17, 15) is 4.57 Å². The second kappa shape index (κ2) is 48.2. The highest BCUT2D eigenvalue weighted by Gasteiger charge is 2.27. The average Bonchev–Trinajstić information content (AvgIpc) is 3.20. The van der Waals surface area contributed by atoms with Crippen molar-refractivity contribution in [3.63, 3.8) is 0 Å². The molecule has 4 nitrogen and oxygen atoms in total. The van der Waals surface area contributed by atoms with E-state index in [2.05, 4.69) is 20.8 Å². The monoisotopic (exact) mass is 807 g/mol. The minimum absolute atomic E-state index is 0.918. The van der Waals surface area contributed by atoms with Gasteiger partial charge in [0.25, 0.3) is 0 Å². The van der Waals surface area contributed by atoms with Crippen molar-refractivity contribution in [2.24, 2.45) is 0 Å². The van der Waals surface area contributed by atoms with Crippen molar-refractivity contribution in [2.45, 2.75) is 290 Å². The maximum Gasteiger partial charge on any atom is 0.645 e. The second-order valence-corrected chi connectivity index (χ2v) is 18.5. The molecule has 0 aromatic heterocycles. The van der Waals surface area contributed by atoms with Gasteiger partial charge in [0.1, 0.15) is 0 Å². The molecule has 0 radical (unpaired) electrons. The van der Waals surface area contributed by atoms with Crippen molar-refractivity contribution in [1.82, 2.24) is 0 Å². The molecular formula is C51H99O4P. The van der Waals surface area contributed by atoms with Gasteiger partial charge >= 0.3 is 7.82 Å². The van der Waals surface area contributed by atoms with Gasteiger partial charge < -0.3 is 13.6 Å². The Kier molecular flexibility index (Phi) is 47.2. The summed E-state index contributed by atoms with van der Waals surface area (Å²) in [6, 6.07) is 0. The van der Waals surface area contributed by atoms with Crippen LogP contribution in [0.25, 0.3) is 0 Å². The van der Waals surface area contributed by atoms with E-state index >= 15 is 0 Å². The van der Waals surface area contributed by atoms with Crippen LogP contribution >= 0.6 is 7.82 Å². The molecule has 0 atom stereocenters. The zero-order valence-corrected chi connectivity index (χ0v) is 39.1. The SMILES string of the molecule is CCCCCCCCCCCCCCC/C=C/OP(=O)(O/C=C/CCCCCCCCCCCCCCC)O/C=C/CCCCCCCCCCCCCCC. The fourth-order valence-corrected chi connectivity index (χ4v) is 8.33. The minimum atomic E-state index is -3.74. The van der Waals surface area contributed by atoms with Gasteiger partial charge in [-0.15, -0.1) is 0 Å². The molecule has 0 bridgehead atoms. The van der Waals surface area contributed by atoms with Gasteiger partial charge in [-0.05, 0) is 56.8 Å². The van der Waals surface area contributed by atoms with E-state index in [1.165, 1.54) is 250 Å². The first-order valence-electron chi connectivity index (χ1n) is 25.3. The molecule has 0 N–H and O–H groups in total. The number of hydrogen-bond acceptors (Lipinski definition) is 4. The normalized spacial score (nSPS) is 12.2. The molecule has 0 heterocycles. The second-order valence-electron chi connectivity index (χ2n) is 17.0. The number of unbranched alkanes of at least 4 members (excludes halogenated alkanes) is 39. The number of hydrogen-bond donors (Lipinski definition) is 0. The van der Waals surface area contributed by atoms with E-state index < -0.39 is 7.82 Å². The Hall–Kier alpha value is -1.15. The Morgan fingerprint density at radius 3 is 0.607 bits per heavy atom. The Morgan fingerprint density at radius 1 is 0.268 bits per heavy atom. The molecular weight excluding hydrogens is 708 g/mol. The lowest BCUT2D eigenvalue weighted by Crippen LogP contribution is -1.89. The molecule has 0 aliphatic rings. The van der Waals surface area contributed by atoms with Gasteiger partial charge in [-0.1, -0.05) is 252 Å². The van der Waals surface area contributed by atoms with Crippen LogP contribution in [0.4, 0.5) is 0 Å². The highest BCUT2D eigenvalue weighted by Crippen LogP contribution is 2.50. The van der Waals surface area contributed by atoms with Crippen LogP contribution in [0.2, 0.25) is 0 Å². The van der Waals surface area contributed by atoms with Gasteiger partial charge in [0.15, 0.2) is 0 Å². The highest BCUT2D eigenvalue weighted by molar-refractivity contribution is 7.48. The zero-order valence-electron chi connectivity index (χ0n) is 38.2. The summed E-state index contributed by atoms with van der Waals surface area (Å²) < 4.78 is 30.3. The Bertz CT molecular complexity index is 759. The maximum atomic E-state index is 13.4. The van der Waals surface area contributed by atoms with Gasteiger partial charge in [0, 0.05) is 0 Å². The molecule has 0 rings (SSSR count). The van der Waals surface area contributed by atoms with Crippen molar-refractivity contribution in [3.8, 4) is 0 Å². The van der Waals surface area contributed by atoms with Crippen molar-refractivity contribution < 1.29 is 18.1 Å². The topological polar surface area (TPSA) is 44.8 Å². The molecule has 0 saturated heterocycles. The molecule has 0 spiro atoms.